The molecule has 0 aliphatic carbocycles. The minimum atomic E-state index is -0.300. The second kappa shape index (κ2) is 9.01. The lowest BCUT2D eigenvalue weighted by Gasteiger charge is -2.22. The number of nitrogens with two attached hydrogens (primary N) is 1. The lowest BCUT2D eigenvalue weighted by atomic mass is 10.2. The van der Waals surface area contributed by atoms with Crippen LogP contribution in [-0.2, 0) is 9.47 Å². The van der Waals surface area contributed by atoms with Crippen molar-refractivity contribution < 1.29 is 13.9 Å². The highest BCUT2D eigenvalue weighted by molar-refractivity contribution is 5.84. The Morgan fingerprint density at radius 2 is 2.27 bits per heavy atom. The molecule has 3 heterocycles. The van der Waals surface area contributed by atoms with Gasteiger partial charge in [-0.05, 0) is 38.7 Å². The third-order valence-corrected chi connectivity index (χ3v) is 5.38. The van der Waals surface area contributed by atoms with E-state index in [2.05, 4.69) is 15.1 Å². The largest absolute Gasteiger partial charge is 0.396 e. The number of benzene rings is 1. The Kier molecular flexibility index (Phi) is 6.19. The maximum Gasteiger partial charge on any atom is 0.161 e. The van der Waals surface area contributed by atoms with E-state index in [9.17, 15) is 4.39 Å². The minimum Gasteiger partial charge on any atom is -0.396 e. The average Bonchev–Trinajstić information content (AvgIpc) is 3.33. The number of aromatic amines is 1. The van der Waals surface area contributed by atoms with Crippen LogP contribution < -0.4 is 10.6 Å². The fourth-order valence-electron chi connectivity index (χ4n) is 3.76. The van der Waals surface area contributed by atoms with Crippen molar-refractivity contribution in [1.29, 1.82) is 0 Å². The number of ether oxygens (including phenoxy) is 2. The summed E-state index contributed by atoms with van der Waals surface area (Å²) in [6, 6.07) is 3.22. The molecule has 4 rings (SSSR count). The smallest absolute Gasteiger partial charge is 0.161 e. The standard InChI is InChI=1S/C21H29FN6O2/c1-3-29-9-6-8-27(2)18-12-17-16(11-14(18)22)24-21(25-17)20-15(23)13-28(26-20)19-7-4-5-10-30-19/h11-13,19H,3-10,23H2,1-2H3,(H,24,25). The Bertz CT molecular complexity index is 995. The number of halogens is 1. The number of hydrogen-bond donors (Lipinski definition) is 2. The molecule has 9 heteroatoms. The van der Waals surface area contributed by atoms with Gasteiger partial charge in [-0.25, -0.2) is 14.1 Å². The van der Waals surface area contributed by atoms with Gasteiger partial charge in [0.1, 0.15) is 12.0 Å². The van der Waals surface area contributed by atoms with Crippen LogP contribution in [0.4, 0.5) is 15.8 Å². The highest BCUT2D eigenvalue weighted by atomic mass is 19.1. The second-order valence-electron chi connectivity index (χ2n) is 7.61. The topological polar surface area (TPSA) is 94.2 Å². The van der Waals surface area contributed by atoms with Crippen LogP contribution in [0.15, 0.2) is 18.3 Å². The van der Waals surface area contributed by atoms with Crippen molar-refractivity contribution in [3.05, 3.63) is 24.1 Å². The molecule has 1 aromatic carbocycles. The summed E-state index contributed by atoms with van der Waals surface area (Å²) >= 11 is 0. The predicted octanol–water partition coefficient (Wildman–Crippen LogP) is 3.71. The number of imidazole rings is 1. The third-order valence-electron chi connectivity index (χ3n) is 5.38. The molecule has 0 bridgehead atoms. The zero-order valence-corrected chi connectivity index (χ0v) is 17.5. The van der Waals surface area contributed by atoms with Crippen LogP contribution >= 0.6 is 0 Å². The Morgan fingerprint density at radius 3 is 3.03 bits per heavy atom. The fraction of sp³-hybridized carbons (Fsp3) is 0.524. The minimum absolute atomic E-state index is 0.103. The first-order chi connectivity index (χ1) is 14.6. The number of H-pyrrole nitrogens is 1. The van der Waals surface area contributed by atoms with Gasteiger partial charge in [-0.15, -0.1) is 0 Å². The first-order valence-electron chi connectivity index (χ1n) is 10.5. The lowest BCUT2D eigenvalue weighted by molar-refractivity contribution is -0.0393. The van der Waals surface area contributed by atoms with Crippen molar-refractivity contribution in [3.63, 3.8) is 0 Å². The molecule has 1 aliphatic rings. The molecule has 1 unspecified atom stereocenters. The van der Waals surface area contributed by atoms with Crippen molar-refractivity contribution in [2.24, 2.45) is 0 Å². The highest BCUT2D eigenvalue weighted by Crippen LogP contribution is 2.30. The predicted molar refractivity (Wildman–Crippen MR) is 115 cm³/mol. The van der Waals surface area contributed by atoms with Crippen LogP contribution in [-0.4, -0.2) is 53.2 Å². The Morgan fingerprint density at radius 1 is 1.40 bits per heavy atom. The molecular weight excluding hydrogens is 387 g/mol. The third kappa shape index (κ3) is 4.27. The second-order valence-corrected chi connectivity index (χ2v) is 7.61. The number of aromatic nitrogens is 4. The van der Waals surface area contributed by atoms with Gasteiger partial charge in [-0.3, -0.25) is 0 Å². The number of anilines is 2. The van der Waals surface area contributed by atoms with Gasteiger partial charge < -0.3 is 25.1 Å². The van der Waals surface area contributed by atoms with E-state index >= 15 is 0 Å². The normalized spacial score (nSPS) is 17.0. The molecule has 0 saturated carbocycles. The van der Waals surface area contributed by atoms with Crippen LogP contribution in [0.25, 0.3) is 22.6 Å². The van der Waals surface area contributed by atoms with Crippen LogP contribution in [0.5, 0.6) is 0 Å². The molecule has 1 aliphatic heterocycles. The van der Waals surface area contributed by atoms with E-state index in [-0.39, 0.29) is 12.0 Å². The molecule has 1 fully saturated rings. The Hall–Kier alpha value is -2.65. The van der Waals surface area contributed by atoms with E-state index in [4.69, 9.17) is 15.2 Å². The van der Waals surface area contributed by atoms with Crippen LogP contribution in [0.3, 0.4) is 0 Å². The van der Waals surface area contributed by atoms with Crippen molar-refractivity contribution >= 4 is 22.4 Å². The number of rotatable bonds is 8. The Balaban J connectivity index is 1.57. The van der Waals surface area contributed by atoms with Crippen LogP contribution in [0.2, 0.25) is 0 Å². The van der Waals surface area contributed by atoms with Gasteiger partial charge in [0.15, 0.2) is 11.5 Å². The molecule has 0 radical (unpaired) electrons. The lowest BCUT2D eigenvalue weighted by Crippen LogP contribution is -2.21. The number of fused-ring (bicyclic) bond motifs is 1. The van der Waals surface area contributed by atoms with Crippen LogP contribution in [0, 0.1) is 5.82 Å². The van der Waals surface area contributed by atoms with E-state index in [0.29, 0.717) is 53.7 Å². The van der Waals surface area contributed by atoms with Crippen LogP contribution in [0.1, 0.15) is 38.8 Å². The summed E-state index contributed by atoms with van der Waals surface area (Å²) in [6.07, 6.45) is 5.57. The molecule has 162 valence electrons. The molecule has 3 N–H and O–H groups in total. The van der Waals surface area contributed by atoms with Gasteiger partial charge in [-0.1, -0.05) is 0 Å². The number of hydrogen-bond acceptors (Lipinski definition) is 6. The molecule has 1 atom stereocenters. The van der Waals surface area contributed by atoms with Gasteiger partial charge in [0.25, 0.3) is 0 Å². The Labute approximate surface area is 175 Å². The number of nitrogens with zero attached hydrogens (tertiary/aromatic N) is 4. The summed E-state index contributed by atoms with van der Waals surface area (Å²) in [7, 11) is 1.87. The van der Waals surface area contributed by atoms with E-state index in [1.807, 2.05) is 18.9 Å². The summed E-state index contributed by atoms with van der Waals surface area (Å²) in [5.41, 5.74) is 9.04. The van der Waals surface area contributed by atoms with Gasteiger partial charge in [0.2, 0.25) is 0 Å². The first-order valence-corrected chi connectivity index (χ1v) is 10.5. The summed E-state index contributed by atoms with van der Waals surface area (Å²) in [4.78, 5) is 9.66. The van der Waals surface area contributed by atoms with Gasteiger partial charge >= 0.3 is 0 Å². The molecule has 0 spiro atoms. The quantitative estimate of drug-likeness (QED) is 0.544. The summed E-state index contributed by atoms with van der Waals surface area (Å²) in [5, 5.41) is 4.59. The highest BCUT2D eigenvalue weighted by Gasteiger charge is 2.21. The van der Waals surface area contributed by atoms with Gasteiger partial charge in [0, 0.05) is 39.5 Å². The molecule has 3 aromatic rings. The van der Waals surface area contributed by atoms with E-state index in [1.54, 1.807) is 16.9 Å². The van der Waals surface area contributed by atoms with Crippen molar-refractivity contribution in [1.82, 2.24) is 19.7 Å². The van der Waals surface area contributed by atoms with E-state index in [0.717, 1.165) is 32.3 Å². The summed E-state index contributed by atoms with van der Waals surface area (Å²) < 4.78 is 27.6. The zero-order chi connectivity index (χ0) is 21.1. The SMILES string of the molecule is CCOCCCN(C)c1cc2nc(-c3nn(C4CCCCO4)cc3N)[nH]c2cc1F. The van der Waals surface area contributed by atoms with E-state index < -0.39 is 0 Å². The van der Waals surface area contributed by atoms with Crippen molar-refractivity contribution in [2.75, 3.05) is 44.0 Å². The summed E-state index contributed by atoms with van der Waals surface area (Å²) in [5.74, 6) is 0.221. The van der Waals surface area contributed by atoms with Gasteiger partial charge in [-0.2, -0.15) is 5.10 Å². The molecular formula is C21H29FN6O2. The van der Waals surface area contributed by atoms with E-state index in [1.165, 1.54) is 6.07 Å². The molecule has 2 aromatic heterocycles. The maximum absolute atomic E-state index is 14.7. The number of nitrogen functional groups attached to an aromatic ring is 1. The summed E-state index contributed by atoms with van der Waals surface area (Å²) in [6.45, 7) is 4.73. The molecule has 8 nitrogen and oxygen atoms in total. The average molecular weight is 417 g/mol. The van der Waals surface area contributed by atoms with Gasteiger partial charge in [0.05, 0.1) is 28.6 Å². The monoisotopic (exact) mass is 416 g/mol. The van der Waals surface area contributed by atoms with Crippen molar-refractivity contribution in [3.8, 4) is 11.5 Å². The zero-order valence-electron chi connectivity index (χ0n) is 17.5. The fourth-order valence-corrected chi connectivity index (χ4v) is 3.76. The van der Waals surface area contributed by atoms with Crippen molar-refractivity contribution in [2.45, 2.75) is 38.8 Å². The maximum atomic E-state index is 14.7. The molecule has 0 amide bonds. The molecule has 1 saturated heterocycles. The number of nitrogens with one attached hydrogen (secondary N) is 1. The molecule has 30 heavy (non-hydrogen) atoms. The first kappa shape index (κ1) is 20.6.